The molecule has 0 saturated heterocycles. The quantitative estimate of drug-likeness (QED) is 0.674. The van der Waals surface area contributed by atoms with Crippen LogP contribution in [0.5, 0.6) is 0 Å². The van der Waals surface area contributed by atoms with E-state index < -0.39 is 5.56 Å². The van der Waals surface area contributed by atoms with Gasteiger partial charge in [0.05, 0.1) is 0 Å². The van der Waals surface area contributed by atoms with Crippen LogP contribution in [0.3, 0.4) is 0 Å². The van der Waals surface area contributed by atoms with Gasteiger partial charge < -0.3 is 10.8 Å². The minimum absolute atomic E-state index is 0.114. The van der Waals surface area contributed by atoms with Gasteiger partial charge in [-0.25, -0.2) is 4.79 Å². The average molecular weight is 269 g/mol. The highest BCUT2D eigenvalue weighted by Crippen LogP contribution is 2.00. The van der Waals surface area contributed by atoms with E-state index in [1.54, 1.807) is 0 Å². The van der Waals surface area contributed by atoms with E-state index >= 15 is 0 Å². The minimum Gasteiger partial charge on any atom is -0.396 e. The number of nitrogens with two attached hydrogens (primary N) is 1. The van der Waals surface area contributed by atoms with Gasteiger partial charge in [0, 0.05) is 25.9 Å². The van der Waals surface area contributed by atoms with Gasteiger partial charge in [0.15, 0.2) is 0 Å². The molecule has 1 aromatic heterocycles. The number of anilines is 1. The molecule has 108 valence electrons. The van der Waals surface area contributed by atoms with Crippen molar-refractivity contribution in [1.82, 2.24) is 9.13 Å². The summed E-state index contributed by atoms with van der Waals surface area (Å²) >= 11 is 0. The molecule has 19 heavy (non-hydrogen) atoms. The molecule has 0 aromatic carbocycles. The second kappa shape index (κ2) is 7.78. The summed E-state index contributed by atoms with van der Waals surface area (Å²) in [6.45, 7) is 3.10. The van der Waals surface area contributed by atoms with Gasteiger partial charge in [-0.3, -0.25) is 13.9 Å². The van der Waals surface area contributed by atoms with Crippen molar-refractivity contribution in [1.29, 1.82) is 0 Å². The largest absolute Gasteiger partial charge is 0.396 e. The van der Waals surface area contributed by atoms with Crippen molar-refractivity contribution in [2.75, 3.05) is 12.3 Å². The third-order valence-electron chi connectivity index (χ3n) is 3.02. The van der Waals surface area contributed by atoms with Crippen LogP contribution in [0.1, 0.15) is 39.0 Å². The SMILES string of the molecule is CCCn1cc(N)c(=O)n(CCCCCCO)c1=O. The normalized spacial score (nSPS) is 10.8. The minimum atomic E-state index is -0.403. The fourth-order valence-corrected chi connectivity index (χ4v) is 2.01. The van der Waals surface area contributed by atoms with Gasteiger partial charge >= 0.3 is 5.69 Å². The van der Waals surface area contributed by atoms with Crippen molar-refractivity contribution in [3.63, 3.8) is 0 Å². The number of aliphatic hydroxyl groups excluding tert-OH is 1. The van der Waals surface area contributed by atoms with Crippen molar-refractivity contribution in [2.24, 2.45) is 0 Å². The molecule has 1 heterocycles. The first-order chi connectivity index (χ1) is 9.11. The number of hydrogen-bond donors (Lipinski definition) is 2. The van der Waals surface area contributed by atoms with Crippen LogP contribution in [0, 0.1) is 0 Å². The summed E-state index contributed by atoms with van der Waals surface area (Å²) in [6.07, 6.45) is 5.52. The van der Waals surface area contributed by atoms with Gasteiger partial charge in [-0.1, -0.05) is 19.8 Å². The molecule has 3 N–H and O–H groups in total. The lowest BCUT2D eigenvalue weighted by molar-refractivity contribution is 0.282. The highest BCUT2D eigenvalue weighted by atomic mass is 16.3. The Kier molecular flexibility index (Phi) is 6.35. The highest BCUT2D eigenvalue weighted by Gasteiger charge is 2.08. The smallest absolute Gasteiger partial charge is 0.331 e. The maximum absolute atomic E-state index is 12.1. The van der Waals surface area contributed by atoms with Gasteiger partial charge in [-0.2, -0.15) is 0 Å². The first-order valence-electron chi connectivity index (χ1n) is 6.82. The molecule has 0 amide bonds. The van der Waals surface area contributed by atoms with Crippen molar-refractivity contribution in [2.45, 2.75) is 52.1 Å². The maximum Gasteiger partial charge on any atom is 0.331 e. The molecule has 6 heteroatoms. The van der Waals surface area contributed by atoms with E-state index in [1.807, 2.05) is 6.92 Å². The fraction of sp³-hybridized carbons (Fsp3) is 0.692. The Morgan fingerprint density at radius 2 is 1.84 bits per heavy atom. The summed E-state index contributed by atoms with van der Waals surface area (Å²) in [5, 5.41) is 8.68. The van der Waals surface area contributed by atoms with Crippen LogP contribution in [0.15, 0.2) is 15.8 Å². The molecule has 0 bridgehead atoms. The molecule has 0 saturated carbocycles. The van der Waals surface area contributed by atoms with Gasteiger partial charge in [-0.05, 0) is 19.3 Å². The van der Waals surface area contributed by atoms with E-state index in [0.29, 0.717) is 13.1 Å². The zero-order valence-electron chi connectivity index (χ0n) is 11.5. The first kappa shape index (κ1) is 15.5. The zero-order chi connectivity index (χ0) is 14.3. The lowest BCUT2D eigenvalue weighted by Crippen LogP contribution is -2.40. The molecular weight excluding hydrogens is 246 g/mol. The Hall–Kier alpha value is -1.56. The van der Waals surface area contributed by atoms with E-state index in [9.17, 15) is 9.59 Å². The summed E-state index contributed by atoms with van der Waals surface area (Å²) in [5.41, 5.74) is 5.07. The number of nitrogen functional groups attached to an aromatic ring is 1. The number of aliphatic hydroxyl groups is 1. The molecule has 1 aromatic rings. The average Bonchev–Trinajstić information content (AvgIpc) is 2.39. The van der Waals surface area contributed by atoms with Gasteiger partial charge in [0.2, 0.25) is 0 Å². The second-order valence-electron chi connectivity index (χ2n) is 4.66. The Morgan fingerprint density at radius 3 is 2.47 bits per heavy atom. The number of unbranched alkanes of at least 4 members (excludes halogenated alkanes) is 3. The molecular formula is C13H23N3O3. The molecule has 0 spiro atoms. The fourth-order valence-electron chi connectivity index (χ4n) is 2.01. The number of hydrogen-bond acceptors (Lipinski definition) is 4. The van der Waals surface area contributed by atoms with Gasteiger partial charge in [0.25, 0.3) is 5.56 Å². The van der Waals surface area contributed by atoms with Crippen LogP contribution >= 0.6 is 0 Å². The number of aromatic nitrogens is 2. The van der Waals surface area contributed by atoms with Gasteiger partial charge in [-0.15, -0.1) is 0 Å². The predicted molar refractivity (Wildman–Crippen MR) is 75.2 cm³/mol. The number of aryl methyl sites for hydroxylation is 1. The van der Waals surface area contributed by atoms with Crippen molar-refractivity contribution >= 4 is 5.69 Å². The van der Waals surface area contributed by atoms with E-state index in [0.717, 1.165) is 32.1 Å². The summed E-state index contributed by atoms with van der Waals surface area (Å²) in [6, 6.07) is 0. The topological polar surface area (TPSA) is 90.2 Å². The molecule has 1 rings (SSSR count). The Labute approximate surface area is 112 Å². The monoisotopic (exact) mass is 269 g/mol. The molecule has 0 atom stereocenters. The van der Waals surface area contributed by atoms with Crippen LogP contribution < -0.4 is 17.0 Å². The van der Waals surface area contributed by atoms with E-state index in [-0.39, 0.29) is 18.0 Å². The molecule has 0 aliphatic heterocycles. The van der Waals surface area contributed by atoms with Crippen LogP contribution in [-0.4, -0.2) is 20.8 Å². The predicted octanol–water partition coefficient (Wildman–Crippen LogP) is 0.555. The van der Waals surface area contributed by atoms with Crippen LogP contribution in [0.25, 0.3) is 0 Å². The van der Waals surface area contributed by atoms with Crippen molar-refractivity contribution < 1.29 is 5.11 Å². The first-order valence-corrected chi connectivity index (χ1v) is 6.82. The lowest BCUT2D eigenvalue weighted by Gasteiger charge is -2.10. The molecule has 0 radical (unpaired) electrons. The lowest BCUT2D eigenvalue weighted by atomic mass is 10.2. The summed E-state index contributed by atoms with van der Waals surface area (Å²) in [4.78, 5) is 23.9. The third-order valence-corrected chi connectivity index (χ3v) is 3.02. The summed E-state index contributed by atoms with van der Waals surface area (Å²) < 4.78 is 2.70. The summed E-state index contributed by atoms with van der Waals surface area (Å²) in [5.74, 6) is 0. The molecule has 0 fully saturated rings. The molecule has 0 aliphatic rings. The maximum atomic E-state index is 12.1. The zero-order valence-corrected chi connectivity index (χ0v) is 11.5. The molecule has 0 unspecified atom stereocenters. The van der Waals surface area contributed by atoms with Crippen LogP contribution in [0.4, 0.5) is 5.69 Å². The molecule has 0 aliphatic carbocycles. The highest BCUT2D eigenvalue weighted by molar-refractivity contribution is 5.30. The number of nitrogens with zero attached hydrogens (tertiary/aromatic N) is 2. The molecule has 6 nitrogen and oxygen atoms in total. The van der Waals surface area contributed by atoms with Crippen molar-refractivity contribution in [3.05, 3.63) is 27.0 Å². The van der Waals surface area contributed by atoms with E-state index in [1.165, 1.54) is 15.3 Å². The Bertz CT molecular complexity index is 505. The van der Waals surface area contributed by atoms with Crippen molar-refractivity contribution in [3.8, 4) is 0 Å². The summed E-state index contributed by atoms with van der Waals surface area (Å²) in [7, 11) is 0. The van der Waals surface area contributed by atoms with Crippen LogP contribution in [-0.2, 0) is 13.1 Å². The van der Waals surface area contributed by atoms with Crippen LogP contribution in [0.2, 0.25) is 0 Å². The Balaban J connectivity index is 2.81. The standard InChI is InChI=1S/C13H23N3O3/c1-2-7-15-10-11(14)12(18)16(13(15)19)8-5-3-4-6-9-17/h10,17H,2-9,14H2,1H3. The van der Waals surface area contributed by atoms with Gasteiger partial charge in [0.1, 0.15) is 5.69 Å². The van der Waals surface area contributed by atoms with E-state index in [4.69, 9.17) is 10.8 Å². The second-order valence-corrected chi connectivity index (χ2v) is 4.66. The Morgan fingerprint density at radius 1 is 1.16 bits per heavy atom. The number of rotatable bonds is 8. The third kappa shape index (κ3) is 4.24. The van der Waals surface area contributed by atoms with E-state index in [2.05, 4.69) is 0 Å².